The van der Waals surface area contributed by atoms with Crippen molar-refractivity contribution in [3.8, 4) is 11.3 Å². The maximum absolute atomic E-state index is 5.63. The smallest absolute Gasteiger partial charge is 0.151 e. The monoisotopic (exact) mass is 354 g/mol. The lowest BCUT2D eigenvalue weighted by molar-refractivity contribution is 0.128. The first kappa shape index (κ1) is 17.7. The van der Waals surface area contributed by atoms with Gasteiger partial charge in [0.2, 0.25) is 0 Å². The van der Waals surface area contributed by atoms with Crippen molar-refractivity contribution in [1.29, 1.82) is 0 Å². The summed E-state index contributed by atoms with van der Waals surface area (Å²) >= 11 is 0. The van der Waals surface area contributed by atoms with Crippen LogP contribution in [0.15, 0.2) is 35.1 Å². The number of hydrogen-bond acceptors (Lipinski definition) is 5. The van der Waals surface area contributed by atoms with Crippen LogP contribution in [0.2, 0.25) is 0 Å². The second-order valence-electron chi connectivity index (χ2n) is 8.26. The van der Waals surface area contributed by atoms with Gasteiger partial charge < -0.3 is 4.52 Å². The number of hydrogen-bond donors (Lipinski definition) is 0. The first-order valence-corrected chi connectivity index (χ1v) is 10.0. The van der Waals surface area contributed by atoms with Crippen LogP contribution in [0.5, 0.6) is 0 Å². The van der Waals surface area contributed by atoms with Gasteiger partial charge in [0.25, 0.3) is 0 Å². The van der Waals surface area contributed by atoms with Crippen molar-refractivity contribution in [3.63, 3.8) is 0 Å². The fourth-order valence-electron chi connectivity index (χ4n) is 4.03. The second-order valence-corrected chi connectivity index (χ2v) is 8.26. The maximum Gasteiger partial charge on any atom is 0.151 e. The summed E-state index contributed by atoms with van der Waals surface area (Å²) in [6, 6.07) is 6.65. The first-order chi connectivity index (χ1) is 12.7. The number of pyridine rings is 1. The molecule has 2 aromatic rings. The van der Waals surface area contributed by atoms with Crippen LogP contribution < -0.4 is 0 Å². The molecular weight excluding hydrogens is 324 g/mol. The molecule has 0 bridgehead atoms. The Kier molecular flexibility index (Phi) is 5.36. The average Bonchev–Trinajstić information content (AvgIpc) is 3.38. The molecule has 1 unspecified atom stereocenters. The molecule has 1 aliphatic heterocycles. The lowest BCUT2D eigenvalue weighted by Crippen LogP contribution is -2.45. The molecule has 26 heavy (non-hydrogen) atoms. The van der Waals surface area contributed by atoms with Gasteiger partial charge in [-0.05, 0) is 56.3 Å². The largest absolute Gasteiger partial charge is 0.359 e. The van der Waals surface area contributed by atoms with Gasteiger partial charge in [-0.2, -0.15) is 0 Å². The Labute approximate surface area is 156 Å². The van der Waals surface area contributed by atoms with E-state index in [1.165, 1.54) is 32.4 Å². The molecule has 0 aromatic carbocycles. The van der Waals surface area contributed by atoms with E-state index in [1.807, 2.05) is 18.3 Å². The average molecular weight is 354 g/mol. The van der Waals surface area contributed by atoms with Crippen LogP contribution in [0, 0.1) is 11.8 Å². The molecule has 1 saturated carbocycles. The molecule has 0 N–H and O–H groups in total. The Morgan fingerprint density at radius 1 is 1.27 bits per heavy atom. The molecule has 0 radical (unpaired) electrons. The van der Waals surface area contributed by atoms with Gasteiger partial charge in [0.1, 0.15) is 5.69 Å². The van der Waals surface area contributed by atoms with Crippen LogP contribution in [-0.2, 0) is 6.54 Å². The van der Waals surface area contributed by atoms with Gasteiger partial charge in [-0.3, -0.25) is 14.8 Å². The Balaban J connectivity index is 1.42. The summed E-state index contributed by atoms with van der Waals surface area (Å²) in [5.41, 5.74) is 1.88. The van der Waals surface area contributed by atoms with Gasteiger partial charge >= 0.3 is 0 Å². The van der Waals surface area contributed by atoms with Crippen molar-refractivity contribution in [2.75, 3.05) is 26.2 Å². The zero-order valence-electron chi connectivity index (χ0n) is 16.0. The van der Waals surface area contributed by atoms with Gasteiger partial charge in [-0.1, -0.05) is 19.0 Å². The van der Waals surface area contributed by atoms with Crippen molar-refractivity contribution in [1.82, 2.24) is 19.9 Å². The quantitative estimate of drug-likeness (QED) is 0.792. The minimum Gasteiger partial charge on any atom is -0.359 e. The molecule has 3 heterocycles. The molecule has 0 amide bonds. The summed E-state index contributed by atoms with van der Waals surface area (Å²) in [7, 11) is 0. The standard InChI is InChI=1S/C21H30N4O/c1-16(2)21-15-24(9-4-10-25(21)13-17-6-7-17)14-19-11-20(23-26-19)18-5-3-8-22-12-18/h3,5,8,11-12,16-17,21H,4,6-7,9-10,13-15H2,1-2H3. The Bertz CT molecular complexity index is 695. The molecule has 2 fully saturated rings. The van der Waals surface area contributed by atoms with E-state index in [-0.39, 0.29) is 0 Å². The molecule has 2 aliphatic rings. The third-order valence-electron chi connectivity index (χ3n) is 5.69. The van der Waals surface area contributed by atoms with Gasteiger partial charge in [-0.15, -0.1) is 0 Å². The predicted molar refractivity (Wildman–Crippen MR) is 103 cm³/mol. The third-order valence-corrected chi connectivity index (χ3v) is 5.69. The van der Waals surface area contributed by atoms with Gasteiger partial charge in [0.05, 0.1) is 6.54 Å². The predicted octanol–water partition coefficient (Wildman–Crippen LogP) is 3.68. The van der Waals surface area contributed by atoms with Crippen LogP contribution in [0.4, 0.5) is 0 Å². The topological polar surface area (TPSA) is 45.4 Å². The summed E-state index contributed by atoms with van der Waals surface area (Å²) < 4.78 is 5.63. The van der Waals surface area contributed by atoms with E-state index >= 15 is 0 Å². The van der Waals surface area contributed by atoms with Gasteiger partial charge in [0, 0.05) is 43.2 Å². The fourth-order valence-corrected chi connectivity index (χ4v) is 4.03. The molecule has 4 rings (SSSR count). The first-order valence-electron chi connectivity index (χ1n) is 10.0. The molecule has 2 aromatic heterocycles. The molecule has 1 atom stereocenters. The van der Waals surface area contributed by atoms with Crippen molar-refractivity contribution in [3.05, 3.63) is 36.4 Å². The molecular formula is C21H30N4O. The Morgan fingerprint density at radius 3 is 2.88 bits per heavy atom. The highest BCUT2D eigenvalue weighted by atomic mass is 16.5. The van der Waals surface area contributed by atoms with Gasteiger partial charge in [-0.25, -0.2) is 0 Å². The van der Waals surface area contributed by atoms with Crippen LogP contribution >= 0.6 is 0 Å². The van der Waals surface area contributed by atoms with Crippen LogP contribution in [0.3, 0.4) is 0 Å². The van der Waals surface area contributed by atoms with Crippen molar-refractivity contribution >= 4 is 0 Å². The summed E-state index contributed by atoms with van der Waals surface area (Å²) in [6.45, 7) is 10.3. The van der Waals surface area contributed by atoms with E-state index in [4.69, 9.17) is 4.52 Å². The third kappa shape index (κ3) is 4.33. The number of aromatic nitrogens is 2. The summed E-state index contributed by atoms with van der Waals surface area (Å²) in [4.78, 5) is 9.47. The number of nitrogens with zero attached hydrogens (tertiary/aromatic N) is 4. The Hall–Kier alpha value is -1.72. The molecule has 0 spiro atoms. The van der Waals surface area contributed by atoms with Crippen molar-refractivity contribution in [2.24, 2.45) is 11.8 Å². The van der Waals surface area contributed by atoms with E-state index in [9.17, 15) is 0 Å². The zero-order valence-corrected chi connectivity index (χ0v) is 16.0. The fraction of sp³-hybridized carbons (Fsp3) is 0.619. The van der Waals surface area contributed by atoms with E-state index < -0.39 is 0 Å². The highest BCUT2D eigenvalue weighted by Gasteiger charge is 2.32. The second kappa shape index (κ2) is 7.89. The number of rotatable bonds is 6. The summed E-state index contributed by atoms with van der Waals surface area (Å²) in [5, 5.41) is 4.24. The van der Waals surface area contributed by atoms with E-state index in [0.717, 1.165) is 42.6 Å². The zero-order chi connectivity index (χ0) is 17.9. The minimum atomic E-state index is 0.638. The maximum atomic E-state index is 5.63. The molecule has 140 valence electrons. The van der Waals surface area contributed by atoms with Crippen LogP contribution in [0.1, 0.15) is 38.9 Å². The highest BCUT2D eigenvalue weighted by molar-refractivity contribution is 5.57. The van der Waals surface area contributed by atoms with Gasteiger partial charge in [0.15, 0.2) is 5.76 Å². The molecule has 1 aliphatic carbocycles. The lowest BCUT2D eigenvalue weighted by Gasteiger charge is -2.34. The summed E-state index contributed by atoms with van der Waals surface area (Å²) in [5.74, 6) is 2.58. The lowest BCUT2D eigenvalue weighted by atomic mass is 10.0. The Morgan fingerprint density at radius 2 is 2.15 bits per heavy atom. The SMILES string of the molecule is CC(C)C1CN(Cc2cc(-c3cccnc3)no2)CCCN1CC1CC1. The molecule has 5 heteroatoms. The highest BCUT2D eigenvalue weighted by Crippen LogP contribution is 2.32. The van der Waals surface area contributed by atoms with E-state index in [2.05, 4.69) is 39.9 Å². The van der Waals surface area contributed by atoms with E-state index in [1.54, 1.807) is 6.20 Å². The van der Waals surface area contributed by atoms with Crippen LogP contribution in [-0.4, -0.2) is 52.2 Å². The van der Waals surface area contributed by atoms with Crippen molar-refractivity contribution < 1.29 is 4.52 Å². The van der Waals surface area contributed by atoms with Crippen LogP contribution in [0.25, 0.3) is 11.3 Å². The van der Waals surface area contributed by atoms with E-state index in [0.29, 0.717) is 12.0 Å². The summed E-state index contributed by atoms with van der Waals surface area (Å²) in [6.07, 6.45) is 7.71. The minimum absolute atomic E-state index is 0.638. The molecule has 5 nitrogen and oxygen atoms in total. The molecule has 1 saturated heterocycles. The normalized spacial score (nSPS) is 22.7. The van der Waals surface area contributed by atoms with Crippen molar-refractivity contribution in [2.45, 2.75) is 45.7 Å².